The number of nitrogens with two attached hydrogens (primary N) is 1. The number of halogens is 1. The van der Waals surface area contributed by atoms with Crippen molar-refractivity contribution in [1.82, 2.24) is 15.0 Å². The Bertz CT molecular complexity index is 2360. The number of aromatic nitrogens is 3. The van der Waals surface area contributed by atoms with Crippen LogP contribution in [0.25, 0.3) is 0 Å². The molecule has 51 heavy (non-hydrogen) atoms. The third-order valence-electron chi connectivity index (χ3n) is 5.72. The summed E-state index contributed by atoms with van der Waals surface area (Å²) in [6.07, 6.45) is 0. The quantitative estimate of drug-likeness (QED) is 0.0377. The van der Waals surface area contributed by atoms with Crippen LogP contribution in [0.5, 0.6) is 0 Å². The molecule has 0 saturated heterocycles. The zero-order valence-electron chi connectivity index (χ0n) is 26.4. The first-order chi connectivity index (χ1) is 22.2. The molecule has 4 N–H and O–H groups in total. The monoisotopic (exact) mass is 830 g/mol. The van der Waals surface area contributed by atoms with Gasteiger partial charge in [0.2, 0.25) is 27.6 Å². The topological polar surface area (TPSA) is 328 Å². The Morgan fingerprint density at radius 1 is 0.765 bits per heavy atom. The maximum atomic E-state index is 12.4. The summed E-state index contributed by atoms with van der Waals surface area (Å²) in [6, 6.07) is 11.3. The van der Waals surface area contributed by atoms with E-state index in [1.165, 1.54) is 24.3 Å². The minimum Gasteiger partial charge on any atom is -0.744 e. The molecule has 3 aromatic carbocycles. The molecule has 0 spiro atoms. The molecule has 28 heteroatoms. The van der Waals surface area contributed by atoms with E-state index in [0.717, 1.165) is 36.4 Å². The summed E-state index contributed by atoms with van der Waals surface area (Å²) in [5.74, 6) is -1.35. The van der Waals surface area contributed by atoms with Crippen LogP contribution in [-0.4, -0.2) is 104 Å². The van der Waals surface area contributed by atoms with Gasteiger partial charge in [-0.25, -0.2) is 33.7 Å². The van der Waals surface area contributed by atoms with Crippen LogP contribution in [0, 0.1) is 0 Å². The molecule has 1 heterocycles. The van der Waals surface area contributed by atoms with Crippen LogP contribution in [-0.2, 0) is 44.7 Å². The second-order valence-corrected chi connectivity index (χ2v) is 15.3. The molecule has 0 aliphatic carbocycles. The van der Waals surface area contributed by atoms with Crippen LogP contribution in [0.1, 0.15) is 0 Å². The van der Waals surface area contributed by atoms with Crippen molar-refractivity contribution in [3.8, 4) is 0 Å². The van der Waals surface area contributed by atoms with Crippen molar-refractivity contribution in [2.75, 3.05) is 28.7 Å². The van der Waals surface area contributed by atoms with E-state index < -0.39 is 74.0 Å². The van der Waals surface area contributed by atoms with Gasteiger partial charge in [0.05, 0.1) is 44.1 Å². The number of nitrogens with zero attached hydrogens (tertiary/aromatic N) is 5. The largest absolute Gasteiger partial charge is 1.00 e. The van der Waals surface area contributed by atoms with E-state index in [-0.39, 0.29) is 128 Å². The maximum absolute atomic E-state index is 12.4. The Hall–Kier alpha value is -1.40. The summed E-state index contributed by atoms with van der Waals surface area (Å²) in [5.41, 5.74) is 4.91. The minimum absolute atomic E-state index is 0. The molecular weight excluding hydrogens is 813 g/mol. The van der Waals surface area contributed by atoms with Crippen molar-refractivity contribution in [1.29, 1.82) is 0 Å². The zero-order valence-corrected chi connectivity index (χ0v) is 36.4. The predicted octanol–water partition coefficient (Wildman–Crippen LogP) is -4.30. The Morgan fingerprint density at radius 2 is 1.37 bits per heavy atom. The van der Waals surface area contributed by atoms with Crippen molar-refractivity contribution in [3.63, 3.8) is 0 Å². The molecular formula is C23H18ClN8Na3O12S4-. The van der Waals surface area contributed by atoms with Crippen molar-refractivity contribution >= 4 is 122 Å². The molecule has 20 nitrogen and oxygen atoms in total. The normalized spacial score (nSPS) is 11.9. The number of hydrogen-bond donors (Lipinski definition) is 3. The SMILES string of the molecule is Nc1c(S(=O)(=O)[O-])ccc(Nc2nc(Cl)nc(Nc3cccc(S(=O)(=O)[O-])c3)n2)c1N=Nc1ccc(S(=O)(=O)CCOS(=O)(=O)[O-])cc1.[Na+].[Na+].[Na]. The standard InChI is InChI=1S/C23H21ClN8O12S4.3Na/c24-21-28-22(26-14-2-1-3-16(12-14)46(35,36)37)30-23(29-21)27-17-8-9-18(47(38,39)40)19(25)20(17)32-31-13-4-6-15(7-5-13)45(33,34)11-10-44-48(41,42)43;;;/h1-9,12H,10-11,25H2,(H,35,36,37)(H,38,39,40)(H,41,42,43)(H2,26,27,28,29,30);;;/q;;2*+1/p-3. The number of anilines is 5. The van der Waals surface area contributed by atoms with E-state index in [9.17, 15) is 47.3 Å². The first kappa shape index (κ1) is 47.6. The summed E-state index contributed by atoms with van der Waals surface area (Å²) < 4.78 is 130. The van der Waals surface area contributed by atoms with Crippen LogP contribution in [0.15, 0.2) is 85.6 Å². The molecule has 0 amide bonds. The third-order valence-corrected chi connectivity index (χ3v) is 9.77. The second-order valence-electron chi connectivity index (χ2n) is 9.05. The summed E-state index contributed by atoms with van der Waals surface area (Å²) in [5, 5.41) is 12.8. The van der Waals surface area contributed by atoms with E-state index in [1.807, 2.05) is 0 Å². The van der Waals surface area contributed by atoms with Gasteiger partial charge in [0.15, 0.2) is 9.84 Å². The van der Waals surface area contributed by atoms with Crippen LogP contribution >= 0.6 is 11.6 Å². The van der Waals surface area contributed by atoms with Gasteiger partial charge in [-0.15, -0.1) is 5.11 Å². The van der Waals surface area contributed by atoms with Gasteiger partial charge in [0.1, 0.15) is 25.9 Å². The number of nitrogen functional groups attached to an aromatic ring is 1. The summed E-state index contributed by atoms with van der Waals surface area (Å²) in [4.78, 5) is 10.2. The molecule has 0 unspecified atom stereocenters. The molecule has 0 saturated carbocycles. The van der Waals surface area contributed by atoms with Gasteiger partial charge in [-0.3, -0.25) is 4.18 Å². The van der Waals surface area contributed by atoms with Gasteiger partial charge in [-0.1, -0.05) is 6.07 Å². The Balaban J connectivity index is 0.00000433. The molecule has 0 atom stereocenters. The fourth-order valence-corrected chi connectivity index (χ4v) is 6.41. The molecule has 4 aromatic rings. The van der Waals surface area contributed by atoms with Gasteiger partial charge in [-0.05, 0) is 66.2 Å². The number of nitrogens with one attached hydrogen (secondary N) is 2. The number of hydrogen-bond acceptors (Lipinski definition) is 20. The van der Waals surface area contributed by atoms with E-state index in [4.69, 9.17) is 17.3 Å². The van der Waals surface area contributed by atoms with Gasteiger partial charge in [-0.2, -0.15) is 20.1 Å². The molecule has 0 aliphatic heterocycles. The number of benzene rings is 3. The number of sulfone groups is 1. The van der Waals surface area contributed by atoms with Gasteiger partial charge in [0.25, 0.3) is 0 Å². The average Bonchev–Trinajstić information content (AvgIpc) is 2.95. The first-order valence-electron chi connectivity index (χ1n) is 12.5. The van der Waals surface area contributed by atoms with E-state index in [0.29, 0.717) is 0 Å². The molecule has 0 aliphatic rings. The van der Waals surface area contributed by atoms with Crippen LogP contribution in [0.2, 0.25) is 5.28 Å². The Morgan fingerprint density at radius 3 is 1.94 bits per heavy atom. The van der Waals surface area contributed by atoms with Crippen LogP contribution in [0.3, 0.4) is 0 Å². The van der Waals surface area contributed by atoms with Crippen molar-refractivity contribution in [3.05, 3.63) is 65.9 Å². The first-order valence-corrected chi connectivity index (χ1v) is 18.6. The number of azo groups is 1. The van der Waals surface area contributed by atoms with Crippen molar-refractivity contribution in [2.45, 2.75) is 14.7 Å². The maximum Gasteiger partial charge on any atom is 1.00 e. The smallest absolute Gasteiger partial charge is 0.744 e. The zero-order chi connectivity index (χ0) is 35.5. The van der Waals surface area contributed by atoms with Crippen molar-refractivity contribution in [2.24, 2.45) is 10.2 Å². The Kier molecular flexibility index (Phi) is 18.0. The second kappa shape index (κ2) is 19.3. The van der Waals surface area contributed by atoms with E-state index in [1.54, 1.807) is 0 Å². The van der Waals surface area contributed by atoms with Crippen LogP contribution in [0.4, 0.5) is 40.3 Å². The average molecular weight is 831 g/mol. The van der Waals surface area contributed by atoms with E-state index in [2.05, 4.69) is 40.0 Å². The van der Waals surface area contributed by atoms with Crippen LogP contribution < -0.4 is 75.5 Å². The van der Waals surface area contributed by atoms with Crippen molar-refractivity contribution < 1.29 is 111 Å². The molecule has 0 bridgehead atoms. The summed E-state index contributed by atoms with van der Waals surface area (Å²) >= 11 is 6.01. The number of rotatable bonds is 13. The fourth-order valence-electron chi connectivity index (χ4n) is 3.65. The molecule has 1 radical (unpaired) electrons. The molecule has 1 aromatic heterocycles. The summed E-state index contributed by atoms with van der Waals surface area (Å²) in [7, 11) is -19.1. The third kappa shape index (κ3) is 14.1. The van der Waals surface area contributed by atoms with Gasteiger partial charge in [0, 0.05) is 35.2 Å². The molecule has 257 valence electrons. The Labute approximate surface area is 362 Å². The van der Waals surface area contributed by atoms with Gasteiger partial charge >= 0.3 is 59.1 Å². The fraction of sp³-hybridized carbons (Fsp3) is 0.0870. The molecule has 0 fully saturated rings. The summed E-state index contributed by atoms with van der Waals surface area (Å²) in [6.45, 7) is -0.910. The predicted molar refractivity (Wildman–Crippen MR) is 169 cm³/mol. The van der Waals surface area contributed by atoms with Gasteiger partial charge < -0.3 is 30.0 Å². The molecule has 4 rings (SSSR count). The van der Waals surface area contributed by atoms with E-state index >= 15 is 0 Å². The minimum atomic E-state index is -5.11.